The molecule has 0 aromatic carbocycles. The molecule has 4 rings (SSSR count). The summed E-state index contributed by atoms with van der Waals surface area (Å²) in [6.07, 6.45) is 5.94. The van der Waals surface area contributed by atoms with E-state index in [4.69, 9.17) is 15.9 Å². The van der Waals surface area contributed by atoms with Crippen molar-refractivity contribution in [3.05, 3.63) is 34.0 Å². The highest BCUT2D eigenvalue weighted by Gasteiger charge is 2.33. The number of carbonyl (C=O) groups is 1. The molecule has 0 bridgehead atoms. The van der Waals surface area contributed by atoms with Gasteiger partial charge in [-0.05, 0) is 50.3 Å². The number of ether oxygens (including phenoxy) is 1. The minimum atomic E-state index is -0.488. The number of aromatic nitrogens is 2. The monoisotopic (exact) mass is 496 g/mol. The number of anilines is 2. The number of rotatable bonds is 7. The standard InChI is InChI=1S/C24H32N8O2S/c1-34-14-4-10-31-9-3-11-32(13-12-31)24-28-8-7-18(29-24)21(26)30-23(33)16-5-2-6-19-20(16)17(15-25)22(27)35-19/h7-8,16H,2-6,9-14,27H2,1H3,(H2,26,30,33)/t16-/m0/s1. The molecule has 1 atom stereocenters. The van der Waals surface area contributed by atoms with Gasteiger partial charge in [-0.2, -0.15) is 5.26 Å². The molecule has 10 nitrogen and oxygen atoms in total. The summed E-state index contributed by atoms with van der Waals surface area (Å²) in [6.45, 7) is 5.35. The van der Waals surface area contributed by atoms with Gasteiger partial charge < -0.3 is 25.6 Å². The Morgan fingerprint density at radius 3 is 3.03 bits per heavy atom. The van der Waals surface area contributed by atoms with Crippen molar-refractivity contribution in [3.63, 3.8) is 0 Å². The van der Waals surface area contributed by atoms with E-state index in [2.05, 4.69) is 31.2 Å². The number of aryl methyl sites for hydroxylation is 1. The van der Waals surface area contributed by atoms with Crippen LogP contribution in [-0.2, 0) is 16.0 Å². The lowest BCUT2D eigenvalue weighted by atomic mass is 9.84. The Bertz CT molecular complexity index is 1110. The number of thiophene rings is 1. The lowest BCUT2D eigenvalue weighted by molar-refractivity contribution is -0.121. The second-order valence-electron chi connectivity index (χ2n) is 8.87. The summed E-state index contributed by atoms with van der Waals surface area (Å²) in [5, 5.41) is 21.2. The normalized spacial score (nSPS) is 18.4. The summed E-state index contributed by atoms with van der Waals surface area (Å²) >= 11 is 1.39. The summed E-state index contributed by atoms with van der Waals surface area (Å²) in [6, 6.07) is 3.79. The first-order valence-electron chi connectivity index (χ1n) is 12.0. The largest absolute Gasteiger partial charge is 0.389 e. The number of nitriles is 1. The molecule has 186 valence electrons. The van der Waals surface area contributed by atoms with Gasteiger partial charge in [-0.1, -0.05) is 0 Å². The molecular formula is C24H32N8O2S. The van der Waals surface area contributed by atoms with Crippen LogP contribution in [0.5, 0.6) is 0 Å². The molecule has 35 heavy (non-hydrogen) atoms. The summed E-state index contributed by atoms with van der Waals surface area (Å²) in [5.41, 5.74) is 7.51. The van der Waals surface area contributed by atoms with E-state index >= 15 is 0 Å². The number of methoxy groups -OCH3 is 1. The number of hydrogen-bond donors (Lipinski definition) is 3. The van der Waals surface area contributed by atoms with E-state index in [9.17, 15) is 10.1 Å². The van der Waals surface area contributed by atoms with Crippen LogP contribution in [0.4, 0.5) is 10.9 Å². The lowest BCUT2D eigenvalue weighted by Crippen LogP contribution is -2.37. The molecule has 0 radical (unpaired) electrons. The van der Waals surface area contributed by atoms with Crippen LogP contribution in [-0.4, -0.2) is 73.1 Å². The summed E-state index contributed by atoms with van der Waals surface area (Å²) < 4.78 is 5.16. The van der Waals surface area contributed by atoms with Crippen LogP contribution in [0.3, 0.4) is 0 Å². The van der Waals surface area contributed by atoms with E-state index in [0.717, 1.165) is 75.5 Å². The molecule has 0 unspecified atom stereocenters. The third-order valence-corrected chi connectivity index (χ3v) is 7.66. The number of amidine groups is 1. The zero-order valence-corrected chi connectivity index (χ0v) is 20.9. The number of amides is 1. The zero-order valence-electron chi connectivity index (χ0n) is 20.0. The maximum atomic E-state index is 13.1. The van der Waals surface area contributed by atoms with Crippen LogP contribution in [0.15, 0.2) is 12.3 Å². The fourth-order valence-electron chi connectivity index (χ4n) is 4.80. The van der Waals surface area contributed by atoms with Crippen LogP contribution in [0.1, 0.15) is 53.3 Å². The molecule has 2 aromatic rings. The first-order valence-corrected chi connectivity index (χ1v) is 12.8. The van der Waals surface area contributed by atoms with Crippen molar-refractivity contribution in [1.82, 2.24) is 20.2 Å². The molecular weight excluding hydrogens is 464 g/mol. The van der Waals surface area contributed by atoms with Crippen LogP contribution in [0.2, 0.25) is 0 Å². The predicted molar refractivity (Wildman–Crippen MR) is 136 cm³/mol. The summed E-state index contributed by atoms with van der Waals surface area (Å²) in [5.74, 6) is -0.286. The van der Waals surface area contributed by atoms with E-state index < -0.39 is 5.92 Å². The van der Waals surface area contributed by atoms with Gasteiger partial charge >= 0.3 is 0 Å². The average molecular weight is 497 g/mol. The Morgan fingerprint density at radius 1 is 1.37 bits per heavy atom. The maximum Gasteiger partial charge on any atom is 0.233 e. The molecule has 0 spiro atoms. The smallest absolute Gasteiger partial charge is 0.233 e. The first kappa shape index (κ1) is 25.0. The van der Waals surface area contributed by atoms with E-state index in [1.165, 1.54) is 11.3 Å². The van der Waals surface area contributed by atoms with Crippen molar-refractivity contribution in [2.24, 2.45) is 0 Å². The molecule has 3 heterocycles. The van der Waals surface area contributed by atoms with Gasteiger partial charge in [-0.25, -0.2) is 9.97 Å². The second-order valence-corrected chi connectivity index (χ2v) is 10.0. The Balaban J connectivity index is 1.41. The number of nitrogens with two attached hydrogens (primary N) is 1. The van der Waals surface area contributed by atoms with Crippen molar-refractivity contribution < 1.29 is 9.53 Å². The van der Waals surface area contributed by atoms with E-state index in [-0.39, 0.29) is 11.7 Å². The highest BCUT2D eigenvalue weighted by molar-refractivity contribution is 7.16. The van der Waals surface area contributed by atoms with Gasteiger partial charge in [-0.15, -0.1) is 11.3 Å². The zero-order chi connectivity index (χ0) is 24.8. The van der Waals surface area contributed by atoms with E-state index in [0.29, 0.717) is 28.6 Å². The molecule has 4 N–H and O–H groups in total. The molecule has 1 saturated heterocycles. The number of carbonyl (C=O) groups excluding carboxylic acids is 1. The highest BCUT2D eigenvalue weighted by atomic mass is 32.1. The summed E-state index contributed by atoms with van der Waals surface area (Å²) in [7, 11) is 1.72. The van der Waals surface area contributed by atoms with Crippen LogP contribution < -0.4 is 16.0 Å². The van der Waals surface area contributed by atoms with Crippen molar-refractivity contribution in [2.75, 3.05) is 57.1 Å². The van der Waals surface area contributed by atoms with Crippen molar-refractivity contribution >= 4 is 34.0 Å². The number of nitrogen functional groups attached to an aromatic ring is 1. The third-order valence-electron chi connectivity index (χ3n) is 6.56. The number of hydrogen-bond acceptors (Lipinski definition) is 10. The first-order chi connectivity index (χ1) is 17.0. The number of nitrogens with one attached hydrogen (secondary N) is 2. The fourth-order valence-corrected chi connectivity index (χ4v) is 5.92. The Morgan fingerprint density at radius 2 is 2.23 bits per heavy atom. The van der Waals surface area contributed by atoms with Gasteiger partial charge in [0, 0.05) is 51.0 Å². The van der Waals surface area contributed by atoms with E-state index in [1.807, 2.05) is 0 Å². The SMILES string of the molecule is COCCCN1CCCN(c2nccc(C(=N)NC(=O)[C@H]3CCCc4sc(N)c(C#N)c43)n2)CC1. The highest BCUT2D eigenvalue weighted by Crippen LogP contribution is 2.42. The topological polar surface area (TPSA) is 144 Å². The van der Waals surface area contributed by atoms with Gasteiger partial charge in [0.05, 0.1) is 11.5 Å². The molecule has 2 aliphatic rings. The minimum Gasteiger partial charge on any atom is -0.389 e. The molecule has 1 aliphatic heterocycles. The predicted octanol–water partition coefficient (Wildman–Crippen LogP) is 2.10. The number of fused-ring (bicyclic) bond motifs is 1. The second kappa shape index (κ2) is 11.6. The fraction of sp³-hybridized carbons (Fsp3) is 0.542. The quantitative estimate of drug-likeness (QED) is 0.300. The molecule has 2 aromatic heterocycles. The maximum absolute atomic E-state index is 13.1. The van der Waals surface area contributed by atoms with Gasteiger partial charge in [0.25, 0.3) is 0 Å². The summed E-state index contributed by atoms with van der Waals surface area (Å²) in [4.78, 5) is 27.7. The van der Waals surface area contributed by atoms with Crippen LogP contribution in [0, 0.1) is 16.7 Å². The average Bonchev–Trinajstić information content (AvgIpc) is 3.02. The Hall–Kier alpha value is -3.07. The van der Waals surface area contributed by atoms with Crippen LogP contribution in [0.25, 0.3) is 0 Å². The van der Waals surface area contributed by atoms with Gasteiger partial charge in [0.2, 0.25) is 11.9 Å². The van der Waals surface area contributed by atoms with Crippen molar-refractivity contribution in [1.29, 1.82) is 10.7 Å². The Kier molecular flexibility index (Phi) is 8.28. The van der Waals surface area contributed by atoms with E-state index in [1.54, 1.807) is 19.4 Å². The third kappa shape index (κ3) is 5.78. The van der Waals surface area contributed by atoms with Crippen LogP contribution >= 0.6 is 11.3 Å². The van der Waals surface area contributed by atoms with Gasteiger partial charge in [0.15, 0.2) is 5.84 Å². The van der Waals surface area contributed by atoms with Gasteiger partial charge in [0.1, 0.15) is 16.8 Å². The van der Waals surface area contributed by atoms with Crippen molar-refractivity contribution in [2.45, 2.75) is 38.0 Å². The van der Waals surface area contributed by atoms with Crippen molar-refractivity contribution in [3.8, 4) is 6.07 Å². The number of nitrogens with zero attached hydrogens (tertiary/aromatic N) is 5. The molecule has 1 amide bonds. The molecule has 11 heteroatoms. The van der Waals surface area contributed by atoms with Gasteiger partial charge in [-0.3, -0.25) is 10.2 Å². The lowest BCUT2D eigenvalue weighted by Gasteiger charge is -2.23. The molecule has 0 saturated carbocycles. The molecule has 1 aliphatic carbocycles. The minimum absolute atomic E-state index is 0.0662. The Labute approximate surface area is 209 Å². The molecule has 1 fully saturated rings.